The number of anilines is 2. The number of nitrogens with zero attached hydrogens (tertiary/aromatic N) is 2. The van der Waals surface area contributed by atoms with E-state index < -0.39 is 5.54 Å². The van der Waals surface area contributed by atoms with Gasteiger partial charge in [-0.2, -0.15) is 0 Å². The molecule has 1 aromatic heterocycles. The van der Waals surface area contributed by atoms with E-state index in [9.17, 15) is 4.79 Å². The van der Waals surface area contributed by atoms with E-state index in [1.165, 1.54) is 0 Å². The highest BCUT2D eigenvalue weighted by molar-refractivity contribution is 5.75. The molecular formula is C12H19N5O. The van der Waals surface area contributed by atoms with Gasteiger partial charge < -0.3 is 16.8 Å². The van der Waals surface area contributed by atoms with E-state index in [2.05, 4.69) is 15.3 Å². The van der Waals surface area contributed by atoms with Crippen LogP contribution in [0.5, 0.6) is 0 Å². The number of primary amides is 1. The van der Waals surface area contributed by atoms with Crippen LogP contribution in [0, 0.1) is 0 Å². The first-order valence-electron chi connectivity index (χ1n) is 6.07. The van der Waals surface area contributed by atoms with Crippen molar-refractivity contribution in [3.8, 4) is 0 Å². The Labute approximate surface area is 106 Å². The zero-order valence-electron chi connectivity index (χ0n) is 10.7. The van der Waals surface area contributed by atoms with E-state index >= 15 is 0 Å². The lowest BCUT2D eigenvalue weighted by Crippen LogP contribution is -2.36. The maximum Gasteiger partial charge on any atom is 0.219 e. The van der Waals surface area contributed by atoms with Crippen LogP contribution in [0.25, 0.3) is 0 Å². The second kappa shape index (κ2) is 4.44. The SMILES string of the molecule is CC(C)(CC(N)=O)Nc1cc(N)nc(C2CC2)n1. The Bertz CT molecular complexity index is 468. The smallest absolute Gasteiger partial charge is 0.219 e. The van der Waals surface area contributed by atoms with E-state index in [0.29, 0.717) is 17.6 Å². The average Bonchev–Trinajstić information content (AvgIpc) is 2.95. The summed E-state index contributed by atoms with van der Waals surface area (Å²) in [5.41, 5.74) is 10.5. The lowest BCUT2D eigenvalue weighted by Gasteiger charge is -2.25. The zero-order valence-corrected chi connectivity index (χ0v) is 10.7. The monoisotopic (exact) mass is 249 g/mol. The summed E-state index contributed by atoms with van der Waals surface area (Å²) in [5.74, 6) is 1.97. The Hall–Kier alpha value is -1.85. The third-order valence-corrected chi connectivity index (χ3v) is 2.79. The first-order chi connectivity index (χ1) is 8.35. The maximum atomic E-state index is 11.0. The first kappa shape index (κ1) is 12.6. The summed E-state index contributed by atoms with van der Waals surface area (Å²) in [5, 5.41) is 3.18. The molecule has 1 aliphatic carbocycles. The molecule has 1 aromatic rings. The summed E-state index contributed by atoms with van der Waals surface area (Å²) in [6, 6.07) is 1.68. The Morgan fingerprint density at radius 1 is 1.50 bits per heavy atom. The average molecular weight is 249 g/mol. The molecule has 1 heterocycles. The lowest BCUT2D eigenvalue weighted by molar-refractivity contribution is -0.118. The van der Waals surface area contributed by atoms with E-state index in [1.54, 1.807) is 6.07 Å². The van der Waals surface area contributed by atoms with Gasteiger partial charge in [-0.25, -0.2) is 9.97 Å². The third kappa shape index (κ3) is 3.32. The summed E-state index contributed by atoms with van der Waals surface area (Å²) < 4.78 is 0. The van der Waals surface area contributed by atoms with Gasteiger partial charge in [0.15, 0.2) is 0 Å². The molecule has 1 saturated carbocycles. The van der Waals surface area contributed by atoms with E-state index in [1.807, 2.05) is 13.8 Å². The van der Waals surface area contributed by atoms with Crippen molar-refractivity contribution in [3.05, 3.63) is 11.9 Å². The highest BCUT2D eigenvalue weighted by atomic mass is 16.1. The van der Waals surface area contributed by atoms with Crippen LogP contribution in [-0.2, 0) is 4.79 Å². The molecule has 0 bridgehead atoms. The summed E-state index contributed by atoms with van der Waals surface area (Å²) in [6.07, 6.45) is 2.47. The maximum absolute atomic E-state index is 11.0. The van der Waals surface area contributed by atoms with Crippen molar-refractivity contribution in [1.29, 1.82) is 0 Å². The number of nitrogens with two attached hydrogens (primary N) is 2. The van der Waals surface area contributed by atoms with Gasteiger partial charge in [0.2, 0.25) is 5.91 Å². The van der Waals surface area contributed by atoms with E-state index in [4.69, 9.17) is 11.5 Å². The summed E-state index contributed by atoms with van der Waals surface area (Å²) in [6.45, 7) is 3.79. The molecule has 1 aliphatic rings. The molecular weight excluding hydrogens is 230 g/mol. The minimum absolute atomic E-state index is 0.232. The molecule has 2 rings (SSSR count). The second-order valence-electron chi connectivity index (χ2n) is 5.46. The number of carbonyl (C=O) groups excluding carboxylic acids is 1. The molecule has 0 unspecified atom stereocenters. The molecule has 18 heavy (non-hydrogen) atoms. The van der Waals surface area contributed by atoms with Crippen LogP contribution >= 0.6 is 0 Å². The fourth-order valence-electron chi connectivity index (χ4n) is 1.90. The summed E-state index contributed by atoms with van der Waals surface area (Å²) >= 11 is 0. The Morgan fingerprint density at radius 3 is 2.72 bits per heavy atom. The van der Waals surface area contributed by atoms with Gasteiger partial charge in [-0.3, -0.25) is 4.79 Å². The fourth-order valence-corrected chi connectivity index (χ4v) is 1.90. The number of carbonyl (C=O) groups is 1. The van der Waals surface area contributed by atoms with Gasteiger partial charge in [0, 0.05) is 23.9 Å². The number of rotatable bonds is 5. The van der Waals surface area contributed by atoms with Gasteiger partial charge in [-0.15, -0.1) is 0 Å². The highest BCUT2D eigenvalue weighted by Gasteiger charge is 2.28. The molecule has 0 aliphatic heterocycles. The van der Waals surface area contributed by atoms with Crippen molar-refractivity contribution in [2.24, 2.45) is 5.73 Å². The molecule has 0 spiro atoms. The minimum Gasteiger partial charge on any atom is -0.384 e. The third-order valence-electron chi connectivity index (χ3n) is 2.79. The Kier molecular flexibility index (Phi) is 3.11. The molecule has 0 atom stereocenters. The number of amides is 1. The van der Waals surface area contributed by atoms with Crippen molar-refractivity contribution < 1.29 is 4.79 Å². The normalized spacial score (nSPS) is 15.4. The van der Waals surface area contributed by atoms with Crippen LogP contribution in [0.3, 0.4) is 0 Å². The fraction of sp³-hybridized carbons (Fsp3) is 0.583. The van der Waals surface area contributed by atoms with Crippen LogP contribution in [0.2, 0.25) is 0 Å². The zero-order chi connectivity index (χ0) is 13.3. The van der Waals surface area contributed by atoms with Crippen molar-refractivity contribution in [1.82, 2.24) is 9.97 Å². The number of aromatic nitrogens is 2. The van der Waals surface area contributed by atoms with Crippen LogP contribution < -0.4 is 16.8 Å². The largest absolute Gasteiger partial charge is 0.384 e. The second-order valence-corrected chi connectivity index (χ2v) is 5.46. The summed E-state index contributed by atoms with van der Waals surface area (Å²) in [4.78, 5) is 19.6. The molecule has 98 valence electrons. The highest BCUT2D eigenvalue weighted by Crippen LogP contribution is 2.38. The van der Waals surface area contributed by atoms with Crippen molar-refractivity contribution in [2.45, 2.75) is 44.6 Å². The molecule has 6 nitrogen and oxygen atoms in total. The molecule has 1 fully saturated rings. The van der Waals surface area contributed by atoms with Gasteiger partial charge in [0.05, 0.1) is 0 Å². The van der Waals surface area contributed by atoms with Crippen molar-refractivity contribution in [2.75, 3.05) is 11.1 Å². The van der Waals surface area contributed by atoms with E-state index in [0.717, 1.165) is 18.7 Å². The van der Waals surface area contributed by atoms with Crippen LogP contribution in [0.15, 0.2) is 6.07 Å². The molecule has 1 amide bonds. The molecule has 0 radical (unpaired) electrons. The van der Waals surface area contributed by atoms with Crippen LogP contribution in [-0.4, -0.2) is 21.4 Å². The number of hydrogen-bond donors (Lipinski definition) is 3. The van der Waals surface area contributed by atoms with Crippen molar-refractivity contribution >= 4 is 17.5 Å². The number of nitrogens with one attached hydrogen (secondary N) is 1. The number of nitrogen functional groups attached to an aromatic ring is 1. The van der Waals surface area contributed by atoms with E-state index in [-0.39, 0.29) is 12.3 Å². The van der Waals surface area contributed by atoms with Gasteiger partial charge in [0.1, 0.15) is 17.5 Å². The summed E-state index contributed by atoms with van der Waals surface area (Å²) in [7, 11) is 0. The van der Waals surface area contributed by atoms with Gasteiger partial charge >= 0.3 is 0 Å². The van der Waals surface area contributed by atoms with Crippen molar-refractivity contribution in [3.63, 3.8) is 0 Å². The quantitative estimate of drug-likeness (QED) is 0.721. The lowest BCUT2D eigenvalue weighted by atomic mass is 10.0. The Morgan fingerprint density at radius 2 is 2.17 bits per heavy atom. The number of hydrogen-bond acceptors (Lipinski definition) is 5. The van der Waals surface area contributed by atoms with Gasteiger partial charge in [-0.1, -0.05) is 0 Å². The van der Waals surface area contributed by atoms with Gasteiger partial charge in [-0.05, 0) is 26.7 Å². The van der Waals surface area contributed by atoms with Crippen LogP contribution in [0.4, 0.5) is 11.6 Å². The standard InChI is InChI=1S/C12H19N5O/c1-12(2,6-9(14)18)17-10-5-8(13)15-11(16-10)7-3-4-7/h5,7H,3-4,6H2,1-2H3,(H2,14,18)(H3,13,15,16,17). The predicted octanol–water partition coefficient (Wildman–Crippen LogP) is 1.00. The molecule has 0 saturated heterocycles. The Balaban J connectivity index is 2.15. The first-order valence-corrected chi connectivity index (χ1v) is 6.07. The molecule has 6 heteroatoms. The topological polar surface area (TPSA) is 107 Å². The molecule has 5 N–H and O–H groups in total. The molecule has 0 aromatic carbocycles. The van der Waals surface area contributed by atoms with Crippen LogP contribution in [0.1, 0.15) is 44.9 Å². The van der Waals surface area contributed by atoms with Gasteiger partial charge in [0.25, 0.3) is 0 Å². The minimum atomic E-state index is -0.451. The predicted molar refractivity (Wildman–Crippen MR) is 69.9 cm³/mol.